The van der Waals surface area contributed by atoms with E-state index in [-0.39, 0.29) is 11.8 Å². The highest BCUT2D eigenvalue weighted by atomic mass is 32.2. The zero-order valence-corrected chi connectivity index (χ0v) is 13.1. The molecule has 0 aliphatic carbocycles. The lowest BCUT2D eigenvalue weighted by molar-refractivity contribution is 0.414. The molecule has 0 aliphatic rings. The van der Waals surface area contributed by atoms with Gasteiger partial charge in [0, 0.05) is 18.8 Å². The lowest BCUT2D eigenvalue weighted by Crippen LogP contribution is -2.26. The van der Waals surface area contributed by atoms with Crippen molar-refractivity contribution in [2.24, 2.45) is 0 Å². The molecule has 7 nitrogen and oxygen atoms in total. The quantitative estimate of drug-likeness (QED) is 0.744. The molecule has 2 N–H and O–H groups in total. The fourth-order valence-corrected chi connectivity index (χ4v) is 2.76. The van der Waals surface area contributed by atoms with Gasteiger partial charge in [-0.05, 0) is 13.3 Å². The molecule has 1 rings (SSSR count). The Bertz CT molecular complexity index is 534. The average molecular weight is 302 g/mol. The Morgan fingerprint density at radius 3 is 2.55 bits per heavy atom. The molecule has 0 aromatic carbocycles. The first-order valence-corrected chi connectivity index (χ1v) is 8.50. The van der Waals surface area contributed by atoms with Gasteiger partial charge in [-0.2, -0.15) is 0 Å². The molecule has 114 valence electrons. The second-order valence-electron chi connectivity index (χ2n) is 4.67. The number of nitrogens with one attached hydrogen (secondary N) is 2. The third-order valence-electron chi connectivity index (χ3n) is 2.49. The van der Waals surface area contributed by atoms with Crippen LogP contribution < -0.4 is 15.4 Å². The van der Waals surface area contributed by atoms with Crippen molar-refractivity contribution >= 4 is 21.5 Å². The Labute approximate surface area is 120 Å². The van der Waals surface area contributed by atoms with Crippen LogP contribution >= 0.6 is 0 Å². The predicted octanol–water partition coefficient (Wildman–Crippen LogP) is 1.15. The van der Waals surface area contributed by atoms with Crippen LogP contribution in [0.3, 0.4) is 0 Å². The van der Waals surface area contributed by atoms with Crippen LogP contribution in [0.25, 0.3) is 0 Å². The van der Waals surface area contributed by atoms with Crippen molar-refractivity contribution in [3.63, 3.8) is 0 Å². The molecule has 1 aromatic rings. The van der Waals surface area contributed by atoms with E-state index in [4.69, 9.17) is 4.74 Å². The molecule has 1 unspecified atom stereocenters. The van der Waals surface area contributed by atoms with E-state index in [2.05, 4.69) is 20.6 Å². The van der Waals surface area contributed by atoms with Crippen molar-refractivity contribution in [1.82, 2.24) is 9.97 Å². The van der Waals surface area contributed by atoms with Crippen LogP contribution in [0.15, 0.2) is 6.33 Å². The molecule has 0 saturated heterocycles. The van der Waals surface area contributed by atoms with E-state index in [1.165, 1.54) is 19.7 Å². The van der Waals surface area contributed by atoms with Gasteiger partial charge in [-0.3, -0.25) is 0 Å². The number of hydrogen-bond donors (Lipinski definition) is 2. The number of rotatable bonds is 8. The minimum atomic E-state index is -3.05. The normalized spacial score (nSPS) is 12.8. The van der Waals surface area contributed by atoms with Crippen LogP contribution in [0.2, 0.25) is 0 Å². The van der Waals surface area contributed by atoms with Crippen molar-refractivity contribution in [2.75, 3.05) is 36.3 Å². The predicted molar refractivity (Wildman–Crippen MR) is 80.2 cm³/mol. The van der Waals surface area contributed by atoms with Gasteiger partial charge in [0.2, 0.25) is 5.75 Å². The molecule has 0 saturated carbocycles. The summed E-state index contributed by atoms with van der Waals surface area (Å²) in [6.07, 6.45) is 3.58. The molecule has 0 spiro atoms. The third-order valence-corrected chi connectivity index (χ3v) is 3.59. The van der Waals surface area contributed by atoms with E-state index in [1.807, 2.05) is 6.92 Å². The smallest absolute Gasteiger partial charge is 0.204 e. The summed E-state index contributed by atoms with van der Waals surface area (Å²) in [5.41, 5.74) is 0. The molecule has 20 heavy (non-hydrogen) atoms. The average Bonchev–Trinajstić information content (AvgIpc) is 2.34. The fraction of sp³-hybridized carbons (Fsp3) is 0.667. The molecule has 0 amide bonds. The molecule has 1 atom stereocenters. The maximum atomic E-state index is 11.3. The number of methoxy groups -OCH3 is 1. The zero-order valence-electron chi connectivity index (χ0n) is 12.3. The van der Waals surface area contributed by atoms with Crippen LogP contribution in [0.4, 0.5) is 11.6 Å². The molecule has 1 heterocycles. The summed E-state index contributed by atoms with van der Waals surface area (Å²) >= 11 is 0. The van der Waals surface area contributed by atoms with E-state index in [0.29, 0.717) is 17.4 Å². The van der Waals surface area contributed by atoms with Gasteiger partial charge in [0.05, 0.1) is 12.9 Å². The highest BCUT2D eigenvalue weighted by Crippen LogP contribution is 2.29. The number of nitrogens with zero attached hydrogens (tertiary/aromatic N) is 2. The van der Waals surface area contributed by atoms with E-state index >= 15 is 0 Å². The standard InChI is InChI=1S/C12H22N4O3S/c1-5-6-13-11-10(19-3)12(15-8-14-11)16-9(2)7-20(4,17)18/h8-9H,5-7H2,1-4H3,(H2,13,14,15,16). The Morgan fingerprint density at radius 1 is 1.35 bits per heavy atom. The minimum absolute atomic E-state index is 0.0257. The first-order valence-electron chi connectivity index (χ1n) is 6.44. The highest BCUT2D eigenvalue weighted by Gasteiger charge is 2.16. The molecule has 0 fully saturated rings. The van der Waals surface area contributed by atoms with Crippen molar-refractivity contribution < 1.29 is 13.2 Å². The minimum Gasteiger partial charge on any atom is -0.490 e. The molecule has 0 bridgehead atoms. The van der Waals surface area contributed by atoms with Crippen LogP contribution in [0, 0.1) is 0 Å². The summed E-state index contributed by atoms with van der Waals surface area (Å²) in [5.74, 6) is 1.59. The number of hydrogen-bond acceptors (Lipinski definition) is 7. The second kappa shape index (κ2) is 7.28. The summed E-state index contributed by atoms with van der Waals surface area (Å²) in [4.78, 5) is 8.23. The number of ether oxygens (including phenoxy) is 1. The molecular weight excluding hydrogens is 280 g/mol. The monoisotopic (exact) mass is 302 g/mol. The van der Waals surface area contributed by atoms with E-state index in [0.717, 1.165) is 13.0 Å². The highest BCUT2D eigenvalue weighted by molar-refractivity contribution is 7.90. The van der Waals surface area contributed by atoms with Crippen LogP contribution in [-0.2, 0) is 9.84 Å². The van der Waals surface area contributed by atoms with Crippen LogP contribution in [-0.4, -0.2) is 50.1 Å². The van der Waals surface area contributed by atoms with Crippen molar-refractivity contribution in [1.29, 1.82) is 0 Å². The second-order valence-corrected chi connectivity index (χ2v) is 6.85. The maximum Gasteiger partial charge on any atom is 0.204 e. The van der Waals surface area contributed by atoms with Gasteiger partial charge >= 0.3 is 0 Å². The largest absolute Gasteiger partial charge is 0.490 e. The maximum absolute atomic E-state index is 11.3. The van der Waals surface area contributed by atoms with Gasteiger partial charge in [0.1, 0.15) is 16.2 Å². The molecular formula is C12H22N4O3S. The first kappa shape index (κ1) is 16.5. The van der Waals surface area contributed by atoms with Crippen molar-refractivity contribution in [3.8, 4) is 5.75 Å². The summed E-state index contributed by atoms with van der Waals surface area (Å²) in [6, 6.07) is -0.271. The lowest BCUT2D eigenvalue weighted by atomic mass is 10.3. The Hall–Kier alpha value is -1.57. The Balaban J connectivity index is 2.89. The molecule has 1 aromatic heterocycles. The molecule has 8 heteroatoms. The van der Waals surface area contributed by atoms with Gasteiger partial charge in [0.15, 0.2) is 11.6 Å². The molecule has 0 aliphatic heterocycles. The third kappa shape index (κ3) is 5.20. The number of sulfone groups is 1. The zero-order chi connectivity index (χ0) is 15.2. The summed E-state index contributed by atoms with van der Waals surface area (Å²) in [7, 11) is -1.52. The summed E-state index contributed by atoms with van der Waals surface area (Å²) < 4.78 is 27.9. The Morgan fingerprint density at radius 2 is 2.00 bits per heavy atom. The van der Waals surface area contributed by atoms with Gasteiger partial charge in [-0.1, -0.05) is 6.92 Å². The fourth-order valence-electron chi connectivity index (χ4n) is 1.77. The van der Waals surface area contributed by atoms with Crippen LogP contribution in [0.5, 0.6) is 5.75 Å². The van der Waals surface area contributed by atoms with Gasteiger partial charge < -0.3 is 15.4 Å². The molecule has 0 radical (unpaired) electrons. The lowest BCUT2D eigenvalue weighted by Gasteiger charge is -2.17. The van der Waals surface area contributed by atoms with E-state index in [1.54, 1.807) is 6.92 Å². The first-order chi connectivity index (χ1) is 9.37. The number of aromatic nitrogens is 2. The van der Waals surface area contributed by atoms with E-state index < -0.39 is 9.84 Å². The van der Waals surface area contributed by atoms with Gasteiger partial charge in [-0.15, -0.1) is 0 Å². The van der Waals surface area contributed by atoms with Gasteiger partial charge in [-0.25, -0.2) is 18.4 Å². The Kier molecular flexibility index (Phi) is 6.00. The summed E-state index contributed by atoms with van der Waals surface area (Å²) in [6.45, 7) is 4.60. The topological polar surface area (TPSA) is 93.2 Å². The van der Waals surface area contributed by atoms with Crippen LogP contribution in [0.1, 0.15) is 20.3 Å². The van der Waals surface area contributed by atoms with E-state index in [9.17, 15) is 8.42 Å². The SMILES string of the molecule is CCCNc1ncnc(NC(C)CS(C)(=O)=O)c1OC. The summed E-state index contributed by atoms with van der Waals surface area (Å²) in [5, 5.41) is 6.18. The number of anilines is 2. The van der Waals surface area contributed by atoms with Gasteiger partial charge in [0.25, 0.3) is 0 Å². The van der Waals surface area contributed by atoms with Crippen molar-refractivity contribution in [3.05, 3.63) is 6.33 Å². The van der Waals surface area contributed by atoms with Crippen molar-refractivity contribution in [2.45, 2.75) is 26.3 Å².